The highest BCUT2D eigenvalue weighted by Crippen LogP contribution is 2.33. The number of likely N-dealkylation sites (tertiary alicyclic amines) is 1. The van der Waals surface area contributed by atoms with Crippen molar-refractivity contribution in [2.75, 3.05) is 46.5 Å². The van der Waals surface area contributed by atoms with Gasteiger partial charge >= 0.3 is 6.03 Å². The van der Waals surface area contributed by atoms with Crippen molar-refractivity contribution in [2.24, 2.45) is 11.8 Å². The van der Waals surface area contributed by atoms with E-state index < -0.39 is 0 Å². The monoisotopic (exact) mass is 473 g/mol. The summed E-state index contributed by atoms with van der Waals surface area (Å²) >= 11 is 0. The van der Waals surface area contributed by atoms with Crippen LogP contribution in [0.4, 0.5) is 4.79 Å². The molecule has 0 spiro atoms. The fourth-order valence-corrected chi connectivity index (χ4v) is 5.64. The smallest absolute Gasteiger partial charge is 0.317 e. The summed E-state index contributed by atoms with van der Waals surface area (Å²) in [7, 11) is 1.98. The normalized spacial score (nSPS) is 21.2. The van der Waals surface area contributed by atoms with Crippen LogP contribution in [0.1, 0.15) is 76.4 Å². The van der Waals surface area contributed by atoms with E-state index in [0.717, 1.165) is 64.4 Å². The molecule has 1 saturated heterocycles. The van der Waals surface area contributed by atoms with Gasteiger partial charge in [0.25, 0.3) is 0 Å². The number of hydrogen-bond acceptors (Lipinski definition) is 4. The molecule has 2 aliphatic rings. The summed E-state index contributed by atoms with van der Waals surface area (Å²) in [5.74, 6) is 1.05. The second-order valence-corrected chi connectivity index (χ2v) is 10.0. The third-order valence-electron chi connectivity index (χ3n) is 7.36. The Balaban J connectivity index is 1.58. The van der Waals surface area contributed by atoms with Gasteiger partial charge in [-0.2, -0.15) is 0 Å². The Kier molecular flexibility index (Phi) is 12.2. The Morgan fingerprint density at radius 3 is 2.62 bits per heavy atom. The number of amides is 2. The highest BCUT2D eigenvalue weighted by molar-refractivity contribution is 5.74. The van der Waals surface area contributed by atoms with Crippen LogP contribution in [0.5, 0.6) is 0 Å². The molecule has 1 saturated carbocycles. The van der Waals surface area contributed by atoms with Gasteiger partial charge in [-0.25, -0.2) is 4.79 Å². The van der Waals surface area contributed by atoms with E-state index >= 15 is 0 Å². The Morgan fingerprint density at radius 2 is 1.88 bits per heavy atom. The molecule has 1 aliphatic heterocycles. The number of rotatable bonds is 13. The van der Waals surface area contributed by atoms with Gasteiger partial charge in [0.05, 0.1) is 6.10 Å². The van der Waals surface area contributed by atoms with Crippen molar-refractivity contribution < 1.29 is 14.3 Å². The highest BCUT2D eigenvalue weighted by atomic mass is 16.5. The second kappa shape index (κ2) is 15.4. The number of likely N-dealkylation sites (N-methyl/N-ethyl adjacent to an activating group) is 1. The van der Waals surface area contributed by atoms with Crippen LogP contribution in [0.15, 0.2) is 30.3 Å². The molecule has 6 nitrogen and oxygen atoms in total. The number of ether oxygens (including phenoxy) is 2. The molecule has 1 aromatic rings. The standard InChI is InChI=1S/C28H47N3O3/c1-3-33-18-11-19-34-27(24-14-8-5-9-15-24)25-16-10-17-31(22-25)28(32)30-26(21-29-2)20-23-12-6-4-7-13-23/h5,8-9,14-15,23,25-27,29H,3-4,6-7,10-13,16-22H2,1-2H3,(H,30,32)/t25?,26-,27?/m0/s1. The average molecular weight is 474 g/mol. The first-order chi connectivity index (χ1) is 16.7. The summed E-state index contributed by atoms with van der Waals surface area (Å²) in [5, 5.41) is 6.66. The lowest BCUT2D eigenvalue weighted by Crippen LogP contribution is -2.52. The molecule has 0 bridgehead atoms. The molecule has 3 atom stereocenters. The minimum Gasteiger partial charge on any atom is -0.382 e. The first-order valence-electron chi connectivity index (χ1n) is 13.7. The molecular formula is C28H47N3O3. The Morgan fingerprint density at radius 1 is 1.09 bits per heavy atom. The summed E-state index contributed by atoms with van der Waals surface area (Å²) in [5.41, 5.74) is 1.21. The van der Waals surface area contributed by atoms with Crippen LogP contribution in [0, 0.1) is 11.8 Å². The maximum Gasteiger partial charge on any atom is 0.317 e. The molecule has 2 N–H and O–H groups in total. The SMILES string of the molecule is CCOCCCOC(c1ccccc1)C1CCCN(C(=O)N[C@H](CNC)CC2CCCCC2)C1. The fourth-order valence-electron chi connectivity index (χ4n) is 5.64. The molecule has 1 aromatic carbocycles. The van der Waals surface area contributed by atoms with Gasteiger partial charge in [0.1, 0.15) is 0 Å². The quantitative estimate of drug-likeness (QED) is 0.389. The minimum atomic E-state index is 0.00812. The van der Waals surface area contributed by atoms with Crippen LogP contribution < -0.4 is 10.6 Å². The highest BCUT2D eigenvalue weighted by Gasteiger charge is 2.32. The van der Waals surface area contributed by atoms with Crippen molar-refractivity contribution in [3.8, 4) is 0 Å². The lowest BCUT2D eigenvalue weighted by molar-refractivity contribution is -0.0184. The van der Waals surface area contributed by atoms with Gasteiger partial charge in [-0.3, -0.25) is 0 Å². The maximum atomic E-state index is 13.3. The molecular weight excluding hydrogens is 426 g/mol. The topological polar surface area (TPSA) is 62.8 Å². The molecule has 1 heterocycles. The van der Waals surface area contributed by atoms with Gasteiger partial charge in [0.15, 0.2) is 0 Å². The van der Waals surface area contributed by atoms with Gasteiger partial charge in [0, 0.05) is 51.4 Å². The van der Waals surface area contributed by atoms with Crippen molar-refractivity contribution in [1.29, 1.82) is 0 Å². The summed E-state index contributed by atoms with van der Waals surface area (Å²) in [4.78, 5) is 15.3. The number of urea groups is 1. The summed E-state index contributed by atoms with van der Waals surface area (Å²) < 4.78 is 11.9. The maximum absolute atomic E-state index is 13.3. The predicted octanol–water partition coefficient (Wildman–Crippen LogP) is 5.15. The van der Waals surface area contributed by atoms with Crippen molar-refractivity contribution in [1.82, 2.24) is 15.5 Å². The van der Waals surface area contributed by atoms with Crippen molar-refractivity contribution in [3.05, 3.63) is 35.9 Å². The van der Waals surface area contributed by atoms with Crippen LogP contribution >= 0.6 is 0 Å². The van der Waals surface area contributed by atoms with Gasteiger partial charge in [-0.1, -0.05) is 62.4 Å². The van der Waals surface area contributed by atoms with Crippen molar-refractivity contribution in [2.45, 2.75) is 76.9 Å². The van der Waals surface area contributed by atoms with E-state index in [0.29, 0.717) is 12.5 Å². The van der Waals surface area contributed by atoms with Crippen LogP contribution in [0.3, 0.4) is 0 Å². The van der Waals surface area contributed by atoms with E-state index in [1.165, 1.54) is 37.7 Å². The van der Waals surface area contributed by atoms with Gasteiger partial charge in [0.2, 0.25) is 0 Å². The number of carbonyl (C=O) groups excluding carboxylic acids is 1. The fraction of sp³-hybridized carbons (Fsp3) is 0.750. The molecule has 0 radical (unpaired) electrons. The molecule has 6 heteroatoms. The number of hydrogen-bond donors (Lipinski definition) is 2. The average Bonchev–Trinajstić information content (AvgIpc) is 2.87. The zero-order chi connectivity index (χ0) is 24.0. The van der Waals surface area contributed by atoms with E-state index in [9.17, 15) is 4.79 Å². The van der Waals surface area contributed by atoms with Crippen LogP contribution in [-0.2, 0) is 9.47 Å². The molecule has 34 heavy (non-hydrogen) atoms. The Hall–Kier alpha value is -1.63. The van der Waals surface area contributed by atoms with Crippen molar-refractivity contribution >= 4 is 6.03 Å². The summed E-state index contributed by atoms with van der Waals surface area (Å²) in [6.07, 6.45) is 10.7. The molecule has 0 aromatic heterocycles. The lowest BCUT2D eigenvalue weighted by atomic mass is 9.85. The summed E-state index contributed by atoms with van der Waals surface area (Å²) in [6, 6.07) is 10.8. The van der Waals surface area contributed by atoms with Crippen LogP contribution in [0.2, 0.25) is 0 Å². The van der Waals surface area contributed by atoms with Crippen molar-refractivity contribution in [3.63, 3.8) is 0 Å². The number of piperidine rings is 1. The van der Waals surface area contributed by atoms with Gasteiger partial charge in [-0.05, 0) is 51.1 Å². The molecule has 2 amide bonds. The van der Waals surface area contributed by atoms with E-state index in [4.69, 9.17) is 9.47 Å². The number of nitrogens with zero attached hydrogens (tertiary/aromatic N) is 1. The van der Waals surface area contributed by atoms with Gasteiger partial charge in [-0.15, -0.1) is 0 Å². The first-order valence-corrected chi connectivity index (χ1v) is 13.7. The molecule has 2 unspecified atom stereocenters. The zero-order valence-corrected chi connectivity index (χ0v) is 21.5. The van der Waals surface area contributed by atoms with E-state index in [1.807, 2.05) is 24.9 Å². The van der Waals surface area contributed by atoms with Crippen LogP contribution in [0.25, 0.3) is 0 Å². The molecule has 3 rings (SSSR count). The number of nitrogens with one attached hydrogen (secondary N) is 2. The predicted molar refractivity (Wildman–Crippen MR) is 138 cm³/mol. The minimum absolute atomic E-state index is 0.00812. The Labute approximate surface area is 207 Å². The Bertz CT molecular complexity index is 681. The zero-order valence-electron chi connectivity index (χ0n) is 21.5. The first kappa shape index (κ1) is 27.0. The summed E-state index contributed by atoms with van der Waals surface area (Å²) in [6.45, 7) is 6.56. The third-order valence-corrected chi connectivity index (χ3v) is 7.36. The van der Waals surface area contributed by atoms with E-state index in [-0.39, 0.29) is 18.2 Å². The lowest BCUT2D eigenvalue weighted by Gasteiger charge is -2.38. The second-order valence-electron chi connectivity index (χ2n) is 10.0. The van der Waals surface area contributed by atoms with E-state index in [2.05, 4.69) is 34.9 Å². The van der Waals surface area contributed by atoms with Crippen LogP contribution in [-0.4, -0.2) is 63.5 Å². The molecule has 192 valence electrons. The number of carbonyl (C=O) groups is 1. The number of benzene rings is 1. The van der Waals surface area contributed by atoms with E-state index in [1.54, 1.807) is 0 Å². The largest absolute Gasteiger partial charge is 0.382 e. The van der Waals surface area contributed by atoms with Gasteiger partial charge < -0.3 is 25.0 Å². The molecule has 2 fully saturated rings. The third kappa shape index (κ3) is 8.86. The molecule has 1 aliphatic carbocycles.